The Hall–Kier alpha value is -4.37. The van der Waals surface area contributed by atoms with Gasteiger partial charge in [0.2, 0.25) is 0 Å². The van der Waals surface area contributed by atoms with Gasteiger partial charge in [-0.3, -0.25) is 19.8 Å². The molecule has 0 saturated carbocycles. The number of nitrogens with zero attached hydrogens (tertiary/aromatic N) is 3. The van der Waals surface area contributed by atoms with Crippen molar-refractivity contribution in [2.75, 3.05) is 6.54 Å². The summed E-state index contributed by atoms with van der Waals surface area (Å²) in [5.41, 5.74) is 3.58. The second-order valence-corrected chi connectivity index (χ2v) is 10.1. The van der Waals surface area contributed by atoms with Crippen LogP contribution in [-0.4, -0.2) is 38.5 Å². The van der Waals surface area contributed by atoms with Crippen LogP contribution in [0.4, 0.5) is 11.4 Å². The summed E-state index contributed by atoms with van der Waals surface area (Å²) in [6.07, 6.45) is 4.55. The average molecular weight is 527 g/mol. The number of benzene rings is 3. The molecule has 0 radical (unpaired) electrons. The van der Waals surface area contributed by atoms with Crippen molar-refractivity contribution in [3.05, 3.63) is 105 Å². The summed E-state index contributed by atoms with van der Waals surface area (Å²) in [5, 5.41) is 12.7. The van der Waals surface area contributed by atoms with Gasteiger partial charge in [-0.05, 0) is 79.6 Å². The lowest BCUT2D eigenvalue weighted by atomic mass is 10.1. The largest absolute Gasteiger partial charge is 0.491 e. The first-order chi connectivity index (χ1) is 18.4. The molecule has 8 nitrogen and oxygen atoms in total. The second-order valence-electron chi connectivity index (χ2n) is 9.08. The number of thioether (sulfide) groups is 1. The minimum absolute atomic E-state index is 0.00854. The highest BCUT2D eigenvalue weighted by molar-refractivity contribution is 8.18. The van der Waals surface area contributed by atoms with Crippen LogP contribution in [0.25, 0.3) is 17.0 Å². The van der Waals surface area contributed by atoms with E-state index in [0.29, 0.717) is 28.7 Å². The number of aromatic amines is 1. The van der Waals surface area contributed by atoms with Crippen molar-refractivity contribution in [2.24, 2.45) is 4.99 Å². The zero-order chi connectivity index (χ0) is 26.6. The van der Waals surface area contributed by atoms with Gasteiger partial charge in [-0.25, -0.2) is 4.99 Å². The monoisotopic (exact) mass is 526 g/mol. The molecular weight excluding hydrogens is 500 g/mol. The maximum atomic E-state index is 13.5. The number of hydrogen-bond donors (Lipinski definition) is 1. The van der Waals surface area contributed by atoms with Crippen LogP contribution in [0.5, 0.6) is 5.75 Å². The number of fused-ring (bicyclic) bond motifs is 1. The molecule has 0 bridgehead atoms. The Kier molecular flexibility index (Phi) is 7.28. The van der Waals surface area contributed by atoms with E-state index in [1.807, 2.05) is 68.6 Å². The summed E-state index contributed by atoms with van der Waals surface area (Å²) < 4.78 is 5.72. The zero-order valence-corrected chi connectivity index (χ0v) is 21.8. The van der Waals surface area contributed by atoms with E-state index in [9.17, 15) is 14.9 Å². The van der Waals surface area contributed by atoms with Crippen LogP contribution >= 0.6 is 11.8 Å². The molecule has 3 aromatic carbocycles. The van der Waals surface area contributed by atoms with Gasteiger partial charge in [0.25, 0.3) is 11.6 Å². The van der Waals surface area contributed by atoms with Crippen LogP contribution in [0, 0.1) is 10.1 Å². The summed E-state index contributed by atoms with van der Waals surface area (Å²) in [6, 6.07) is 21.7. The number of carbonyl (C=O) groups excluding carboxylic acids is 1. The van der Waals surface area contributed by atoms with E-state index in [-0.39, 0.29) is 17.7 Å². The molecule has 0 atom stereocenters. The summed E-state index contributed by atoms with van der Waals surface area (Å²) in [5.74, 6) is 0.645. The maximum Gasteiger partial charge on any atom is 0.269 e. The van der Waals surface area contributed by atoms with Gasteiger partial charge in [0.15, 0.2) is 5.17 Å². The molecule has 0 spiro atoms. The first-order valence-electron chi connectivity index (χ1n) is 12.2. The molecule has 9 heteroatoms. The van der Waals surface area contributed by atoms with Crippen LogP contribution in [0.2, 0.25) is 0 Å². The van der Waals surface area contributed by atoms with Gasteiger partial charge in [-0.15, -0.1) is 0 Å². The van der Waals surface area contributed by atoms with Gasteiger partial charge in [0.05, 0.1) is 21.6 Å². The second kappa shape index (κ2) is 10.9. The predicted octanol–water partition coefficient (Wildman–Crippen LogP) is 6.71. The van der Waals surface area contributed by atoms with Crippen molar-refractivity contribution < 1.29 is 14.5 Å². The number of aromatic nitrogens is 1. The molecule has 4 aromatic rings. The lowest BCUT2D eigenvalue weighted by Crippen LogP contribution is -2.31. The van der Waals surface area contributed by atoms with Crippen molar-refractivity contribution in [1.82, 2.24) is 9.88 Å². The molecule has 1 saturated heterocycles. The van der Waals surface area contributed by atoms with E-state index in [2.05, 4.69) is 16.0 Å². The van der Waals surface area contributed by atoms with Gasteiger partial charge < -0.3 is 9.72 Å². The number of para-hydroxylation sites is 1. The van der Waals surface area contributed by atoms with Gasteiger partial charge in [0.1, 0.15) is 5.75 Å². The normalized spacial score (nSPS) is 15.8. The molecular formula is C29H26N4O4S. The van der Waals surface area contributed by atoms with E-state index in [4.69, 9.17) is 4.74 Å². The maximum absolute atomic E-state index is 13.5. The number of aliphatic imine (C=N–C) groups is 1. The first-order valence-corrected chi connectivity index (χ1v) is 13.1. The minimum atomic E-state index is -0.448. The number of non-ortho nitro benzene ring substituents is 1. The van der Waals surface area contributed by atoms with Crippen LogP contribution < -0.4 is 4.74 Å². The zero-order valence-electron chi connectivity index (χ0n) is 21.0. The Morgan fingerprint density at radius 1 is 1.08 bits per heavy atom. The molecule has 0 aliphatic carbocycles. The Bertz CT molecular complexity index is 1540. The molecule has 2 heterocycles. The lowest BCUT2D eigenvalue weighted by molar-refractivity contribution is -0.384. The Balaban J connectivity index is 1.42. The molecule has 1 amide bonds. The standard InChI is InChI=1S/C29H26N4O4S/c1-19(2)37-24-13-7-20(8-14-24)17-27-28(34)32(16-15-21-18-30-26-6-4-3-5-25(21)26)29(38-27)31-22-9-11-23(12-10-22)33(35)36/h3-14,17-19,30H,15-16H2,1-2H3/b27-17-,31-29?. The van der Waals surface area contributed by atoms with E-state index in [0.717, 1.165) is 27.8 Å². The highest BCUT2D eigenvalue weighted by Gasteiger charge is 2.33. The van der Waals surface area contributed by atoms with E-state index < -0.39 is 4.92 Å². The minimum Gasteiger partial charge on any atom is -0.491 e. The Morgan fingerprint density at radius 2 is 1.82 bits per heavy atom. The fourth-order valence-electron chi connectivity index (χ4n) is 4.18. The third kappa shape index (κ3) is 5.63. The summed E-state index contributed by atoms with van der Waals surface area (Å²) in [6.45, 7) is 4.39. The molecule has 1 aromatic heterocycles. The topological polar surface area (TPSA) is 101 Å². The molecule has 192 valence electrons. The number of rotatable bonds is 8. The van der Waals surface area contributed by atoms with Gasteiger partial charge in [-0.2, -0.15) is 0 Å². The van der Waals surface area contributed by atoms with Crippen LogP contribution in [0.1, 0.15) is 25.0 Å². The number of carbonyl (C=O) groups is 1. The average Bonchev–Trinajstić information content (AvgIpc) is 3.44. The fourth-order valence-corrected chi connectivity index (χ4v) is 5.21. The number of nitro groups is 1. The highest BCUT2D eigenvalue weighted by atomic mass is 32.2. The number of H-pyrrole nitrogens is 1. The number of nitro benzene ring substituents is 1. The summed E-state index contributed by atoms with van der Waals surface area (Å²) >= 11 is 1.30. The van der Waals surface area contributed by atoms with E-state index in [1.165, 1.54) is 23.9 Å². The van der Waals surface area contributed by atoms with Crippen molar-refractivity contribution in [3.8, 4) is 5.75 Å². The highest BCUT2D eigenvalue weighted by Crippen LogP contribution is 2.35. The van der Waals surface area contributed by atoms with Gasteiger partial charge >= 0.3 is 0 Å². The first kappa shape index (κ1) is 25.3. The fraction of sp³-hybridized carbons (Fsp3) is 0.172. The molecule has 1 aliphatic heterocycles. The van der Waals surface area contributed by atoms with Gasteiger partial charge in [-0.1, -0.05) is 30.3 Å². The van der Waals surface area contributed by atoms with Crippen LogP contribution in [-0.2, 0) is 11.2 Å². The molecule has 1 N–H and O–H groups in total. The van der Waals surface area contributed by atoms with Crippen LogP contribution in [0.15, 0.2) is 88.9 Å². The van der Waals surface area contributed by atoms with E-state index in [1.54, 1.807) is 17.0 Å². The third-order valence-corrected chi connectivity index (χ3v) is 7.01. The quantitative estimate of drug-likeness (QED) is 0.156. The van der Waals surface area contributed by atoms with E-state index >= 15 is 0 Å². The third-order valence-electron chi connectivity index (χ3n) is 6.00. The molecule has 1 aliphatic rings. The Labute approximate surface area is 224 Å². The number of ether oxygens (including phenoxy) is 1. The predicted molar refractivity (Wildman–Crippen MR) is 152 cm³/mol. The molecule has 38 heavy (non-hydrogen) atoms. The Morgan fingerprint density at radius 3 is 2.53 bits per heavy atom. The van der Waals surface area contributed by atoms with Crippen LogP contribution in [0.3, 0.4) is 0 Å². The molecule has 5 rings (SSSR count). The van der Waals surface area contributed by atoms with Gasteiger partial charge in [0, 0.05) is 35.8 Å². The lowest BCUT2D eigenvalue weighted by Gasteiger charge is -2.15. The van der Waals surface area contributed by atoms with Crippen molar-refractivity contribution >= 4 is 51.2 Å². The number of hydrogen-bond acceptors (Lipinski definition) is 6. The van der Waals surface area contributed by atoms with Crippen molar-refractivity contribution in [2.45, 2.75) is 26.4 Å². The SMILES string of the molecule is CC(C)Oc1ccc(/C=C2\SC(=Nc3ccc([N+](=O)[O-])cc3)N(CCc3c[nH]c4ccccc34)C2=O)cc1. The van der Waals surface area contributed by atoms with Crippen molar-refractivity contribution in [3.63, 3.8) is 0 Å². The summed E-state index contributed by atoms with van der Waals surface area (Å²) in [4.78, 5) is 34.3. The molecule has 0 unspecified atom stereocenters. The summed E-state index contributed by atoms with van der Waals surface area (Å²) in [7, 11) is 0. The number of amides is 1. The smallest absolute Gasteiger partial charge is 0.269 e. The molecule has 1 fully saturated rings. The van der Waals surface area contributed by atoms with Crippen molar-refractivity contribution in [1.29, 1.82) is 0 Å². The number of nitrogens with one attached hydrogen (secondary N) is 1. The number of amidine groups is 1.